The maximum Gasteiger partial charge on any atom is 0.175 e. The van der Waals surface area contributed by atoms with Crippen LogP contribution in [0.5, 0.6) is 0 Å². The molecule has 14 heavy (non-hydrogen) atoms. The summed E-state index contributed by atoms with van der Waals surface area (Å²) in [5, 5.41) is 9.70. The predicted molar refractivity (Wildman–Crippen MR) is 57.4 cm³/mol. The molecule has 0 aliphatic rings. The lowest BCUT2D eigenvalue weighted by molar-refractivity contribution is 0.992. The smallest absolute Gasteiger partial charge is 0.175 e. The van der Waals surface area contributed by atoms with Gasteiger partial charge in [0.1, 0.15) is 5.84 Å². The third kappa shape index (κ3) is 2.93. The quantitative estimate of drug-likeness (QED) is 0.491. The molecule has 1 aromatic heterocycles. The van der Waals surface area contributed by atoms with Crippen molar-refractivity contribution in [1.82, 2.24) is 15.5 Å². The number of allylic oxidation sites excluding steroid dienone is 1. The maximum atomic E-state index is 5.67. The lowest BCUT2D eigenvalue weighted by Crippen LogP contribution is -2.12. The Kier molecular flexibility index (Phi) is 3.28. The van der Waals surface area contributed by atoms with Gasteiger partial charge in [0.2, 0.25) is 0 Å². The summed E-state index contributed by atoms with van der Waals surface area (Å²) < 4.78 is 0. The van der Waals surface area contributed by atoms with Crippen LogP contribution < -0.4 is 11.1 Å². The summed E-state index contributed by atoms with van der Waals surface area (Å²) in [7, 11) is 1.83. The molecule has 5 heteroatoms. The molecule has 1 rings (SSSR count). The van der Waals surface area contributed by atoms with Crippen LogP contribution in [-0.4, -0.2) is 23.1 Å². The molecule has 0 unspecified atom stereocenters. The fourth-order valence-corrected chi connectivity index (χ4v) is 0.919. The fraction of sp³-hybridized carbons (Fsp3) is 0.333. The Morgan fingerprint density at radius 3 is 2.93 bits per heavy atom. The number of nitrogens with one attached hydrogen (secondary N) is 2. The minimum Gasteiger partial charge on any atom is -0.392 e. The lowest BCUT2D eigenvalue weighted by atomic mass is 10.4. The van der Waals surface area contributed by atoms with Gasteiger partial charge in [0.25, 0.3) is 0 Å². The number of rotatable bonds is 3. The van der Waals surface area contributed by atoms with Crippen molar-refractivity contribution in [2.24, 2.45) is 10.7 Å². The predicted octanol–water partition coefficient (Wildman–Crippen LogP) is 0.830. The molecule has 0 fully saturated rings. The number of aromatic amines is 1. The highest BCUT2D eigenvalue weighted by Crippen LogP contribution is 2.07. The van der Waals surface area contributed by atoms with Gasteiger partial charge in [0, 0.05) is 24.5 Å². The molecule has 0 radical (unpaired) electrons. The Bertz CT molecular complexity index is 361. The van der Waals surface area contributed by atoms with E-state index in [9.17, 15) is 0 Å². The second-order valence-corrected chi connectivity index (χ2v) is 3.02. The first-order valence-electron chi connectivity index (χ1n) is 4.34. The summed E-state index contributed by atoms with van der Waals surface area (Å²) in [6.07, 6.45) is 1.75. The van der Waals surface area contributed by atoms with Gasteiger partial charge in [-0.3, -0.25) is 5.10 Å². The topological polar surface area (TPSA) is 79.1 Å². The highest BCUT2D eigenvalue weighted by atomic mass is 15.2. The van der Waals surface area contributed by atoms with Gasteiger partial charge in [-0.05, 0) is 19.9 Å². The lowest BCUT2D eigenvalue weighted by Gasteiger charge is -1.97. The summed E-state index contributed by atoms with van der Waals surface area (Å²) in [6.45, 7) is 3.83. The van der Waals surface area contributed by atoms with Gasteiger partial charge in [-0.25, -0.2) is 4.99 Å². The van der Waals surface area contributed by atoms with Gasteiger partial charge in [0.05, 0.1) is 0 Å². The van der Waals surface area contributed by atoms with Crippen molar-refractivity contribution in [3.05, 3.63) is 23.5 Å². The highest BCUT2D eigenvalue weighted by Gasteiger charge is 1.95. The average molecular weight is 193 g/mol. The van der Waals surface area contributed by atoms with Crippen LogP contribution in [0.2, 0.25) is 0 Å². The Balaban J connectivity index is 2.78. The largest absolute Gasteiger partial charge is 0.392 e. The molecule has 76 valence electrons. The van der Waals surface area contributed by atoms with Crippen LogP contribution in [0.1, 0.15) is 12.6 Å². The third-order valence-corrected chi connectivity index (χ3v) is 1.69. The molecule has 5 nitrogen and oxygen atoms in total. The number of amidine groups is 1. The summed E-state index contributed by atoms with van der Waals surface area (Å²) >= 11 is 0. The molecular weight excluding hydrogens is 178 g/mol. The molecule has 0 aliphatic heterocycles. The first-order chi connectivity index (χ1) is 6.61. The maximum absolute atomic E-state index is 5.67. The standard InChI is InChI=1S/C9H15N5/c1-6(11-3)4-8(10)12-9-5-7(2)13-14-9/h4-5,11H,1-3H3,(H3,10,12,13,14)/b6-4-. The molecule has 1 aromatic rings. The number of nitrogens with zero attached hydrogens (tertiary/aromatic N) is 2. The van der Waals surface area contributed by atoms with Gasteiger partial charge >= 0.3 is 0 Å². The molecule has 0 aliphatic carbocycles. The van der Waals surface area contributed by atoms with Crippen LogP contribution >= 0.6 is 0 Å². The molecule has 0 atom stereocenters. The van der Waals surface area contributed by atoms with E-state index >= 15 is 0 Å². The van der Waals surface area contributed by atoms with E-state index in [2.05, 4.69) is 20.5 Å². The van der Waals surface area contributed by atoms with Crippen LogP contribution in [0.3, 0.4) is 0 Å². The van der Waals surface area contributed by atoms with Crippen molar-refractivity contribution in [3.8, 4) is 0 Å². The van der Waals surface area contributed by atoms with E-state index < -0.39 is 0 Å². The molecule has 0 aromatic carbocycles. The Morgan fingerprint density at radius 2 is 2.43 bits per heavy atom. The zero-order valence-electron chi connectivity index (χ0n) is 8.63. The van der Waals surface area contributed by atoms with Gasteiger partial charge in [-0.1, -0.05) is 0 Å². The molecule has 0 saturated carbocycles. The molecule has 1 heterocycles. The van der Waals surface area contributed by atoms with Crippen molar-refractivity contribution >= 4 is 11.7 Å². The zero-order valence-corrected chi connectivity index (χ0v) is 8.63. The number of nitrogens with two attached hydrogens (primary N) is 1. The van der Waals surface area contributed by atoms with Crippen LogP contribution in [0.25, 0.3) is 0 Å². The Hall–Kier alpha value is -1.78. The van der Waals surface area contributed by atoms with Crippen molar-refractivity contribution in [2.45, 2.75) is 13.8 Å². The van der Waals surface area contributed by atoms with Crippen molar-refractivity contribution in [3.63, 3.8) is 0 Å². The Labute approximate surface area is 83.1 Å². The fourth-order valence-electron chi connectivity index (χ4n) is 0.919. The summed E-state index contributed by atoms with van der Waals surface area (Å²) in [5.41, 5.74) is 7.59. The minimum absolute atomic E-state index is 0.434. The van der Waals surface area contributed by atoms with E-state index in [1.165, 1.54) is 0 Å². The van der Waals surface area contributed by atoms with Crippen LogP contribution in [0.4, 0.5) is 5.82 Å². The van der Waals surface area contributed by atoms with E-state index in [1.54, 1.807) is 6.08 Å². The van der Waals surface area contributed by atoms with E-state index in [1.807, 2.05) is 27.0 Å². The second-order valence-electron chi connectivity index (χ2n) is 3.02. The second kappa shape index (κ2) is 4.45. The molecule has 4 N–H and O–H groups in total. The summed E-state index contributed by atoms with van der Waals surface area (Å²) in [4.78, 5) is 4.10. The molecule has 0 amide bonds. The normalized spacial score (nSPS) is 13.1. The van der Waals surface area contributed by atoms with Crippen molar-refractivity contribution < 1.29 is 0 Å². The number of H-pyrrole nitrogens is 1. The molecule has 0 saturated heterocycles. The third-order valence-electron chi connectivity index (χ3n) is 1.69. The van der Waals surface area contributed by atoms with Gasteiger partial charge in [0.15, 0.2) is 5.82 Å². The first kappa shape index (κ1) is 10.3. The first-order valence-corrected chi connectivity index (χ1v) is 4.34. The number of aliphatic imine (C=N–C) groups is 1. The Morgan fingerprint density at radius 1 is 1.71 bits per heavy atom. The molecule has 0 bridgehead atoms. The van der Waals surface area contributed by atoms with Crippen molar-refractivity contribution in [2.75, 3.05) is 7.05 Å². The van der Waals surface area contributed by atoms with Gasteiger partial charge in [-0.2, -0.15) is 5.10 Å². The average Bonchev–Trinajstić information content (AvgIpc) is 2.50. The van der Waals surface area contributed by atoms with Crippen LogP contribution in [0.15, 0.2) is 22.8 Å². The van der Waals surface area contributed by atoms with E-state index in [-0.39, 0.29) is 0 Å². The molecule has 0 spiro atoms. The highest BCUT2D eigenvalue weighted by molar-refractivity contribution is 5.93. The number of hydrogen-bond donors (Lipinski definition) is 3. The summed E-state index contributed by atoms with van der Waals surface area (Å²) in [5.74, 6) is 1.03. The molecular formula is C9H15N5. The number of aryl methyl sites for hydroxylation is 1. The van der Waals surface area contributed by atoms with Gasteiger partial charge in [-0.15, -0.1) is 0 Å². The van der Waals surface area contributed by atoms with Crippen molar-refractivity contribution in [1.29, 1.82) is 0 Å². The minimum atomic E-state index is 0.434. The number of hydrogen-bond acceptors (Lipinski definition) is 3. The number of aromatic nitrogens is 2. The monoisotopic (exact) mass is 193 g/mol. The van der Waals surface area contributed by atoms with E-state index in [4.69, 9.17) is 5.73 Å². The SMILES string of the molecule is CN/C(C)=C\C(N)=Nc1cc(C)[nH]n1. The van der Waals surface area contributed by atoms with Crippen LogP contribution in [0, 0.1) is 6.92 Å². The van der Waals surface area contributed by atoms with Crippen LogP contribution in [-0.2, 0) is 0 Å². The van der Waals surface area contributed by atoms with E-state index in [0.717, 1.165) is 11.4 Å². The van der Waals surface area contributed by atoms with E-state index in [0.29, 0.717) is 11.7 Å². The van der Waals surface area contributed by atoms with Gasteiger partial charge < -0.3 is 11.1 Å². The zero-order chi connectivity index (χ0) is 10.6. The summed E-state index contributed by atoms with van der Waals surface area (Å²) in [6, 6.07) is 1.83.